The molecule has 0 atom stereocenters. The average Bonchev–Trinajstić information content (AvgIpc) is 3.06. The summed E-state index contributed by atoms with van der Waals surface area (Å²) in [4.78, 5) is 42.1. The lowest BCUT2D eigenvalue weighted by Gasteiger charge is -2.09. The molecule has 138 valence electrons. The fraction of sp³-hybridized carbons (Fsp3) is 0.111. The van der Waals surface area contributed by atoms with E-state index in [2.05, 4.69) is 25.9 Å². The Labute approximate surface area is 154 Å². The second-order valence-corrected chi connectivity index (χ2v) is 5.73. The van der Waals surface area contributed by atoms with E-state index in [-0.39, 0.29) is 18.9 Å². The topological polar surface area (TPSA) is 142 Å². The molecule has 4 amide bonds. The van der Waals surface area contributed by atoms with Crippen LogP contribution in [0, 0.1) is 0 Å². The fourth-order valence-corrected chi connectivity index (χ4v) is 2.49. The molecule has 0 saturated carbocycles. The van der Waals surface area contributed by atoms with Crippen LogP contribution in [-0.2, 0) is 4.79 Å². The van der Waals surface area contributed by atoms with Gasteiger partial charge in [0, 0.05) is 42.1 Å². The Balaban J connectivity index is 1.64. The molecule has 0 aliphatic heterocycles. The van der Waals surface area contributed by atoms with Crippen molar-refractivity contribution >= 4 is 40.3 Å². The van der Waals surface area contributed by atoms with Crippen molar-refractivity contribution in [2.24, 2.45) is 5.73 Å². The summed E-state index contributed by atoms with van der Waals surface area (Å²) in [6.45, 7) is 0.145. The van der Waals surface area contributed by atoms with Crippen molar-refractivity contribution in [2.75, 3.05) is 17.2 Å². The molecular weight excluding hydrogens is 348 g/mol. The van der Waals surface area contributed by atoms with Gasteiger partial charge in [0.25, 0.3) is 5.91 Å². The van der Waals surface area contributed by atoms with Gasteiger partial charge in [-0.25, -0.2) is 9.78 Å². The van der Waals surface area contributed by atoms with Gasteiger partial charge in [0.05, 0.1) is 5.56 Å². The van der Waals surface area contributed by atoms with Crippen LogP contribution in [0.3, 0.4) is 0 Å². The van der Waals surface area contributed by atoms with Crippen LogP contribution in [0.15, 0.2) is 48.8 Å². The number of benzene rings is 1. The van der Waals surface area contributed by atoms with E-state index in [1.54, 1.807) is 42.7 Å². The van der Waals surface area contributed by atoms with E-state index in [4.69, 9.17) is 5.73 Å². The average molecular weight is 366 g/mol. The van der Waals surface area contributed by atoms with Crippen molar-refractivity contribution < 1.29 is 14.4 Å². The molecule has 27 heavy (non-hydrogen) atoms. The lowest BCUT2D eigenvalue weighted by Crippen LogP contribution is -2.31. The van der Waals surface area contributed by atoms with Crippen molar-refractivity contribution in [3.8, 4) is 0 Å². The van der Waals surface area contributed by atoms with E-state index in [1.165, 1.54) is 0 Å². The van der Waals surface area contributed by atoms with Crippen LogP contribution >= 0.6 is 0 Å². The molecule has 1 aromatic carbocycles. The van der Waals surface area contributed by atoms with Gasteiger partial charge in [-0.3, -0.25) is 9.59 Å². The van der Waals surface area contributed by atoms with Gasteiger partial charge >= 0.3 is 6.03 Å². The molecule has 9 heteroatoms. The summed E-state index contributed by atoms with van der Waals surface area (Å²) in [5.41, 5.74) is 7.13. The lowest BCUT2D eigenvalue weighted by molar-refractivity contribution is -0.117. The number of nitrogens with one attached hydrogen (secondary N) is 4. The minimum Gasteiger partial charge on any atom is -0.370 e. The van der Waals surface area contributed by atoms with Crippen LogP contribution < -0.4 is 21.7 Å². The summed E-state index contributed by atoms with van der Waals surface area (Å²) in [6, 6.07) is 9.81. The molecule has 2 aromatic heterocycles. The van der Waals surface area contributed by atoms with E-state index in [0.29, 0.717) is 22.6 Å². The van der Waals surface area contributed by atoms with Crippen molar-refractivity contribution in [2.45, 2.75) is 6.42 Å². The standard InChI is InChI=1S/C18H18N6O3/c19-15(25)6-8-21-18(27)24-12-4-1-3-11(9-12)23-17(26)14-10-22-16-13(14)5-2-7-20-16/h1-5,7,9-10H,6,8H2,(H2,19,25)(H,20,22)(H,23,26)(H2,21,24,27). The number of hydrogen-bond donors (Lipinski definition) is 5. The first-order valence-electron chi connectivity index (χ1n) is 8.19. The number of primary amides is 1. The number of carbonyl (C=O) groups excluding carboxylic acids is 3. The third kappa shape index (κ3) is 4.60. The Bertz CT molecular complexity index is 997. The number of hydrogen-bond acceptors (Lipinski definition) is 4. The summed E-state index contributed by atoms with van der Waals surface area (Å²) in [6.07, 6.45) is 3.30. The monoisotopic (exact) mass is 366 g/mol. The van der Waals surface area contributed by atoms with Crippen LogP contribution in [0.25, 0.3) is 11.0 Å². The van der Waals surface area contributed by atoms with E-state index >= 15 is 0 Å². The lowest BCUT2D eigenvalue weighted by atomic mass is 10.2. The van der Waals surface area contributed by atoms with Gasteiger partial charge in [0.1, 0.15) is 5.65 Å². The van der Waals surface area contributed by atoms with Crippen LogP contribution in [0.5, 0.6) is 0 Å². The van der Waals surface area contributed by atoms with Crippen LogP contribution in [-0.4, -0.2) is 34.4 Å². The Kier molecular flexibility index (Phi) is 5.31. The van der Waals surface area contributed by atoms with Gasteiger partial charge in [-0.05, 0) is 30.3 Å². The highest BCUT2D eigenvalue weighted by Gasteiger charge is 2.13. The first-order chi connectivity index (χ1) is 13.0. The molecule has 0 aliphatic rings. The second-order valence-electron chi connectivity index (χ2n) is 5.73. The number of nitrogens with two attached hydrogens (primary N) is 1. The minimum absolute atomic E-state index is 0.0585. The third-order valence-electron chi connectivity index (χ3n) is 3.73. The summed E-state index contributed by atoms with van der Waals surface area (Å²) in [5, 5.41) is 8.65. The number of nitrogens with zero attached hydrogens (tertiary/aromatic N) is 1. The SMILES string of the molecule is NC(=O)CCNC(=O)Nc1cccc(NC(=O)c2c[nH]c3ncccc23)c1. The molecule has 3 rings (SSSR count). The van der Waals surface area contributed by atoms with Crippen molar-refractivity contribution in [1.82, 2.24) is 15.3 Å². The molecule has 0 unspecified atom stereocenters. The number of anilines is 2. The normalized spacial score (nSPS) is 10.4. The zero-order valence-corrected chi connectivity index (χ0v) is 14.3. The number of H-pyrrole nitrogens is 1. The largest absolute Gasteiger partial charge is 0.370 e. The van der Waals surface area contributed by atoms with Gasteiger partial charge in [-0.2, -0.15) is 0 Å². The first kappa shape index (κ1) is 17.9. The number of rotatable bonds is 6. The number of carbonyl (C=O) groups is 3. The van der Waals surface area contributed by atoms with E-state index in [0.717, 1.165) is 5.39 Å². The summed E-state index contributed by atoms with van der Waals surface area (Å²) >= 11 is 0. The molecular formula is C18H18N6O3. The number of aromatic amines is 1. The molecule has 2 heterocycles. The predicted octanol–water partition coefficient (Wildman–Crippen LogP) is 1.81. The number of urea groups is 1. The third-order valence-corrected chi connectivity index (χ3v) is 3.73. The number of pyridine rings is 1. The van der Waals surface area contributed by atoms with E-state index < -0.39 is 11.9 Å². The van der Waals surface area contributed by atoms with Crippen LogP contribution in [0.1, 0.15) is 16.8 Å². The summed E-state index contributed by atoms with van der Waals surface area (Å²) < 4.78 is 0. The maximum Gasteiger partial charge on any atom is 0.319 e. The van der Waals surface area contributed by atoms with Crippen molar-refractivity contribution in [3.63, 3.8) is 0 Å². The Morgan fingerprint density at radius 1 is 1.07 bits per heavy atom. The zero-order valence-electron chi connectivity index (χ0n) is 14.3. The van der Waals surface area contributed by atoms with Gasteiger partial charge in [0.15, 0.2) is 0 Å². The number of aromatic nitrogens is 2. The summed E-state index contributed by atoms with van der Waals surface area (Å²) in [5.74, 6) is -0.787. The molecule has 0 spiro atoms. The maximum absolute atomic E-state index is 12.5. The summed E-state index contributed by atoms with van der Waals surface area (Å²) in [7, 11) is 0. The van der Waals surface area contributed by atoms with Crippen LogP contribution in [0.2, 0.25) is 0 Å². The predicted molar refractivity (Wildman–Crippen MR) is 101 cm³/mol. The number of fused-ring (bicyclic) bond motifs is 1. The van der Waals surface area contributed by atoms with Gasteiger partial charge in [-0.15, -0.1) is 0 Å². The van der Waals surface area contributed by atoms with E-state index in [9.17, 15) is 14.4 Å². The highest BCUT2D eigenvalue weighted by Crippen LogP contribution is 2.19. The Hall–Kier alpha value is -3.88. The minimum atomic E-state index is -0.493. The maximum atomic E-state index is 12.5. The fourth-order valence-electron chi connectivity index (χ4n) is 2.49. The second kappa shape index (κ2) is 8.00. The smallest absolute Gasteiger partial charge is 0.319 e. The Morgan fingerprint density at radius 2 is 1.85 bits per heavy atom. The zero-order chi connectivity index (χ0) is 19.2. The molecule has 3 aromatic rings. The highest BCUT2D eigenvalue weighted by atomic mass is 16.2. The van der Waals surface area contributed by atoms with Gasteiger partial charge < -0.3 is 26.7 Å². The molecule has 0 radical (unpaired) electrons. The van der Waals surface area contributed by atoms with Crippen molar-refractivity contribution in [1.29, 1.82) is 0 Å². The van der Waals surface area contributed by atoms with Crippen LogP contribution in [0.4, 0.5) is 16.2 Å². The Morgan fingerprint density at radius 3 is 2.63 bits per heavy atom. The molecule has 0 saturated heterocycles. The molecule has 0 bridgehead atoms. The molecule has 9 nitrogen and oxygen atoms in total. The quantitative estimate of drug-likeness (QED) is 0.453. The van der Waals surface area contributed by atoms with Crippen molar-refractivity contribution in [3.05, 3.63) is 54.4 Å². The van der Waals surface area contributed by atoms with E-state index in [1.807, 2.05) is 6.07 Å². The number of amides is 4. The molecule has 0 fully saturated rings. The van der Waals surface area contributed by atoms with Gasteiger partial charge in [-0.1, -0.05) is 6.07 Å². The molecule has 0 aliphatic carbocycles. The molecule has 6 N–H and O–H groups in total. The van der Waals surface area contributed by atoms with Gasteiger partial charge in [0.2, 0.25) is 5.91 Å². The first-order valence-corrected chi connectivity index (χ1v) is 8.19. The highest BCUT2D eigenvalue weighted by molar-refractivity contribution is 6.12.